The molecule has 1 atom stereocenters. The van der Waals surface area contributed by atoms with Crippen molar-refractivity contribution in [2.45, 2.75) is 36.6 Å². The molecule has 1 aromatic rings. The SMILES string of the molecule is Clc1cccc(Cl)c1SCCC1CCCCN1. The van der Waals surface area contributed by atoms with Gasteiger partial charge in [0, 0.05) is 10.9 Å². The number of hydrogen-bond donors (Lipinski definition) is 1. The molecular weight excluding hydrogens is 273 g/mol. The van der Waals surface area contributed by atoms with Gasteiger partial charge >= 0.3 is 0 Å². The third kappa shape index (κ3) is 4.06. The van der Waals surface area contributed by atoms with Crippen LogP contribution in [0.3, 0.4) is 0 Å². The zero-order chi connectivity index (χ0) is 12.1. The second-order valence-corrected chi connectivity index (χ2v) is 6.25. The van der Waals surface area contributed by atoms with Crippen LogP contribution in [0.25, 0.3) is 0 Å². The van der Waals surface area contributed by atoms with Crippen LogP contribution in [0.15, 0.2) is 23.1 Å². The zero-order valence-electron chi connectivity index (χ0n) is 9.72. The summed E-state index contributed by atoms with van der Waals surface area (Å²) in [4.78, 5) is 1.02. The molecule has 1 nitrogen and oxygen atoms in total. The Labute approximate surface area is 117 Å². The molecule has 0 radical (unpaired) electrons. The Morgan fingerprint density at radius 2 is 2.00 bits per heavy atom. The summed E-state index contributed by atoms with van der Waals surface area (Å²) in [5.74, 6) is 1.07. The van der Waals surface area contributed by atoms with Crippen molar-refractivity contribution < 1.29 is 0 Å². The lowest BCUT2D eigenvalue weighted by Gasteiger charge is -2.23. The summed E-state index contributed by atoms with van der Waals surface area (Å²) in [6, 6.07) is 6.36. The molecule has 1 aliphatic heterocycles. The summed E-state index contributed by atoms with van der Waals surface area (Å²) < 4.78 is 0. The van der Waals surface area contributed by atoms with Crippen LogP contribution in [-0.2, 0) is 0 Å². The third-order valence-electron chi connectivity index (χ3n) is 3.04. The topological polar surface area (TPSA) is 12.0 Å². The van der Waals surface area contributed by atoms with Crippen molar-refractivity contribution in [3.8, 4) is 0 Å². The summed E-state index contributed by atoms with van der Waals surface area (Å²) in [5, 5.41) is 5.08. The first-order valence-electron chi connectivity index (χ1n) is 6.07. The zero-order valence-corrected chi connectivity index (χ0v) is 12.0. The van der Waals surface area contributed by atoms with E-state index in [0.717, 1.165) is 20.7 Å². The third-order valence-corrected chi connectivity index (χ3v) is 5.07. The number of rotatable bonds is 4. The predicted octanol–water partition coefficient (Wildman–Crippen LogP) is 4.62. The first kappa shape index (κ1) is 13.5. The normalized spacial score (nSPS) is 20.5. The molecule has 1 saturated heterocycles. The van der Waals surface area contributed by atoms with E-state index >= 15 is 0 Å². The monoisotopic (exact) mass is 289 g/mol. The molecule has 17 heavy (non-hydrogen) atoms. The first-order chi connectivity index (χ1) is 8.27. The van der Waals surface area contributed by atoms with E-state index < -0.39 is 0 Å². The molecule has 1 N–H and O–H groups in total. The average Bonchev–Trinajstić information content (AvgIpc) is 2.34. The van der Waals surface area contributed by atoms with Crippen LogP contribution in [0.2, 0.25) is 10.0 Å². The summed E-state index contributed by atoms with van der Waals surface area (Å²) in [7, 11) is 0. The molecule has 94 valence electrons. The quantitative estimate of drug-likeness (QED) is 0.812. The van der Waals surface area contributed by atoms with Crippen molar-refractivity contribution in [1.82, 2.24) is 5.32 Å². The van der Waals surface area contributed by atoms with Crippen LogP contribution in [0, 0.1) is 0 Å². The molecule has 1 fully saturated rings. The van der Waals surface area contributed by atoms with Gasteiger partial charge in [0.15, 0.2) is 0 Å². The number of nitrogens with one attached hydrogen (secondary N) is 1. The largest absolute Gasteiger partial charge is 0.314 e. The van der Waals surface area contributed by atoms with E-state index in [1.165, 1.54) is 32.2 Å². The van der Waals surface area contributed by atoms with Gasteiger partial charge in [-0.25, -0.2) is 0 Å². The minimum Gasteiger partial charge on any atom is -0.314 e. The summed E-state index contributed by atoms with van der Waals surface area (Å²) in [6.07, 6.45) is 5.16. The van der Waals surface area contributed by atoms with Crippen molar-refractivity contribution in [2.75, 3.05) is 12.3 Å². The highest BCUT2D eigenvalue weighted by molar-refractivity contribution is 7.99. The summed E-state index contributed by atoms with van der Waals surface area (Å²) >= 11 is 14.0. The molecule has 2 rings (SSSR count). The Bertz CT molecular complexity index is 344. The average molecular weight is 290 g/mol. The maximum Gasteiger partial charge on any atom is 0.0556 e. The number of hydrogen-bond acceptors (Lipinski definition) is 2. The second-order valence-electron chi connectivity index (χ2n) is 4.33. The molecule has 1 unspecified atom stereocenters. The molecule has 1 aliphatic rings. The molecule has 0 aliphatic carbocycles. The van der Waals surface area contributed by atoms with Gasteiger partial charge < -0.3 is 5.32 Å². The molecule has 0 spiro atoms. The van der Waals surface area contributed by atoms with Crippen LogP contribution in [-0.4, -0.2) is 18.3 Å². The van der Waals surface area contributed by atoms with Crippen molar-refractivity contribution in [1.29, 1.82) is 0 Å². The standard InChI is InChI=1S/C13H17Cl2NS/c14-11-5-3-6-12(15)13(11)17-9-7-10-4-1-2-8-16-10/h3,5-6,10,16H,1-2,4,7-9H2. The first-order valence-corrected chi connectivity index (χ1v) is 7.82. The van der Waals surface area contributed by atoms with E-state index in [1.807, 2.05) is 18.2 Å². The lowest BCUT2D eigenvalue weighted by Crippen LogP contribution is -2.34. The van der Waals surface area contributed by atoms with Crippen LogP contribution in [0.1, 0.15) is 25.7 Å². The molecule has 0 bridgehead atoms. The van der Waals surface area contributed by atoms with Crippen molar-refractivity contribution in [3.63, 3.8) is 0 Å². The van der Waals surface area contributed by atoms with E-state index in [4.69, 9.17) is 23.2 Å². The minimum atomic E-state index is 0.678. The fourth-order valence-electron chi connectivity index (χ4n) is 2.09. The Kier molecular flexibility index (Phi) is 5.49. The van der Waals surface area contributed by atoms with Crippen molar-refractivity contribution in [2.24, 2.45) is 0 Å². The van der Waals surface area contributed by atoms with Gasteiger partial charge in [-0.05, 0) is 43.7 Å². The van der Waals surface area contributed by atoms with Gasteiger partial charge in [0.05, 0.1) is 10.0 Å². The molecule has 1 heterocycles. The molecule has 0 saturated carbocycles. The lowest BCUT2D eigenvalue weighted by molar-refractivity contribution is 0.395. The van der Waals surface area contributed by atoms with Crippen molar-refractivity contribution >= 4 is 35.0 Å². The van der Waals surface area contributed by atoms with E-state index in [9.17, 15) is 0 Å². The van der Waals surface area contributed by atoms with Gasteiger partial charge in [-0.2, -0.15) is 0 Å². The van der Waals surface area contributed by atoms with E-state index in [2.05, 4.69) is 5.32 Å². The maximum absolute atomic E-state index is 6.13. The summed E-state index contributed by atoms with van der Waals surface area (Å²) in [5.41, 5.74) is 0. The Morgan fingerprint density at radius 3 is 2.65 bits per heavy atom. The van der Waals surface area contributed by atoms with Crippen LogP contribution in [0.5, 0.6) is 0 Å². The number of benzene rings is 1. The Balaban J connectivity index is 1.81. The van der Waals surface area contributed by atoms with Gasteiger partial charge in [-0.15, -0.1) is 11.8 Å². The Morgan fingerprint density at radius 1 is 1.24 bits per heavy atom. The second kappa shape index (κ2) is 6.89. The molecular formula is C13H17Cl2NS. The van der Waals surface area contributed by atoms with E-state index in [-0.39, 0.29) is 0 Å². The van der Waals surface area contributed by atoms with Crippen LogP contribution < -0.4 is 5.32 Å². The van der Waals surface area contributed by atoms with Crippen LogP contribution in [0.4, 0.5) is 0 Å². The van der Waals surface area contributed by atoms with Gasteiger partial charge in [0.2, 0.25) is 0 Å². The van der Waals surface area contributed by atoms with E-state index in [0.29, 0.717) is 6.04 Å². The fraction of sp³-hybridized carbons (Fsp3) is 0.538. The van der Waals surface area contributed by atoms with Crippen molar-refractivity contribution in [3.05, 3.63) is 28.2 Å². The molecule has 1 aromatic carbocycles. The highest BCUT2D eigenvalue weighted by Crippen LogP contribution is 2.34. The molecule has 0 aromatic heterocycles. The number of piperidine rings is 1. The van der Waals surface area contributed by atoms with Gasteiger partial charge in [0.1, 0.15) is 0 Å². The minimum absolute atomic E-state index is 0.678. The molecule has 0 amide bonds. The van der Waals surface area contributed by atoms with Gasteiger partial charge in [-0.1, -0.05) is 35.7 Å². The fourth-order valence-corrected chi connectivity index (χ4v) is 3.84. The highest BCUT2D eigenvalue weighted by Gasteiger charge is 2.13. The molecule has 4 heteroatoms. The Hall–Kier alpha value is 0.110. The van der Waals surface area contributed by atoms with Gasteiger partial charge in [-0.3, -0.25) is 0 Å². The van der Waals surface area contributed by atoms with Gasteiger partial charge in [0.25, 0.3) is 0 Å². The summed E-state index contributed by atoms with van der Waals surface area (Å²) in [6.45, 7) is 1.17. The highest BCUT2D eigenvalue weighted by atomic mass is 35.5. The lowest BCUT2D eigenvalue weighted by atomic mass is 10.0. The predicted molar refractivity (Wildman–Crippen MR) is 77.4 cm³/mol. The van der Waals surface area contributed by atoms with E-state index in [1.54, 1.807) is 11.8 Å². The maximum atomic E-state index is 6.13. The van der Waals surface area contributed by atoms with Crippen LogP contribution >= 0.6 is 35.0 Å². The smallest absolute Gasteiger partial charge is 0.0556 e. The number of thioether (sulfide) groups is 1. The number of halogens is 2.